The molecule has 0 fully saturated rings. The van der Waals surface area contributed by atoms with Crippen LogP contribution in [0.15, 0.2) is 53.5 Å². The van der Waals surface area contributed by atoms with Crippen molar-refractivity contribution in [1.82, 2.24) is 10.6 Å². The number of benzodiazepines with no additional fused rings is 1. The summed E-state index contributed by atoms with van der Waals surface area (Å²) >= 11 is 10.2. The maximum absolute atomic E-state index is 12.5. The van der Waals surface area contributed by atoms with Gasteiger partial charge in [0.1, 0.15) is 0 Å². The second-order valence-electron chi connectivity index (χ2n) is 7.27. The van der Waals surface area contributed by atoms with Gasteiger partial charge in [-0.2, -0.15) is 12.6 Å². The molecule has 0 saturated carbocycles. The lowest BCUT2D eigenvalue weighted by Crippen LogP contribution is -2.41. The van der Waals surface area contributed by atoms with Crippen molar-refractivity contribution in [1.29, 1.82) is 0 Å². The number of thiol groups is 1. The number of carbonyl (C=O) groups is 1. The number of nitrogens with one attached hydrogen (secondary N) is 2. The van der Waals surface area contributed by atoms with Gasteiger partial charge in [0.2, 0.25) is 0 Å². The molecule has 0 saturated heterocycles. The van der Waals surface area contributed by atoms with Crippen LogP contribution in [-0.2, 0) is 4.79 Å². The smallest absolute Gasteiger partial charge is 0.266 e. The average Bonchev–Trinajstić information content (AvgIpc) is 2.91. The number of carbonyl (C=O) groups excluding carboxylic acids is 1. The topological polar surface area (TPSA) is 56.7 Å². The molecule has 3 rings (SSSR count). The predicted octanol–water partition coefficient (Wildman–Crippen LogP) is 5.03. The van der Waals surface area contributed by atoms with Crippen molar-refractivity contribution in [3.05, 3.63) is 64.7 Å². The van der Waals surface area contributed by atoms with Crippen LogP contribution in [0.5, 0.6) is 0 Å². The third kappa shape index (κ3) is 8.58. The predicted molar refractivity (Wildman–Crippen MR) is 143 cm³/mol. The van der Waals surface area contributed by atoms with Crippen LogP contribution in [0.1, 0.15) is 44.2 Å². The lowest BCUT2D eigenvalue weighted by Gasteiger charge is -2.20. The minimum absolute atomic E-state index is 0.1000. The second kappa shape index (κ2) is 15.9. The number of amides is 1. The standard InChI is InChI=1S/C17H16ClN3O.C4H11N.C4H10S/c1-19-16-17(22)21(2)14-9-8-12(18)10-13(14)15(20-16)11-6-4-3-5-7-11;1-3-4-5-2;1-2-3-4-5/h3-10,16,19H,1-2H3;5H,3-4H2,1-2H3;5H,2-4H2,1H3. The van der Waals surface area contributed by atoms with Crippen LogP contribution in [0, 0.1) is 0 Å². The van der Waals surface area contributed by atoms with Gasteiger partial charge in [-0.3, -0.25) is 15.1 Å². The summed E-state index contributed by atoms with van der Waals surface area (Å²) in [6, 6.07) is 15.3. The van der Waals surface area contributed by atoms with E-state index in [9.17, 15) is 4.79 Å². The molecule has 32 heavy (non-hydrogen) atoms. The molecule has 176 valence electrons. The third-order valence-corrected chi connectivity index (χ3v) is 5.28. The number of halogens is 1. The Bertz CT molecular complexity index is 835. The molecule has 0 aliphatic carbocycles. The molecular formula is C25H37ClN4OS. The van der Waals surface area contributed by atoms with Crippen LogP contribution >= 0.6 is 24.2 Å². The zero-order valence-corrected chi connectivity index (χ0v) is 21.5. The summed E-state index contributed by atoms with van der Waals surface area (Å²) in [6.07, 6.45) is 3.13. The number of nitrogens with zero attached hydrogens (tertiary/aromatic N) is 2. The molecule has 1 aliphatic rings. The molecule has 0 radical (unpaired) electrons. The summed E-state index contributed by atoms with van der Waals surface area (Å²) in [5.41, 5.74) is 3.37. The van der Waals surface area contributed by atoms with E-state index in [2.05, 4.69) is 42.1 Å². The molecule has 2 aromatic rings. The van der Waals surface area contributed by atoms with E-state index < -0.39 is 6.17 Å². The molecule has 1 atom stereocenters. The zero-order valence-electron chi connectivity index (χ0n) is 19.9. The Labute approximate surface area is 204 Å². The Morgan fingerprint density at radius 2 is 1.78 bits per heavy atom. The number of anilines is 1. The molecule has 0 spiro atoms. The van der Waals surface area contributed by atoms with E-state index >= 15 is 0 Å². The van der Waals surface area contributed by atoms with E-state index in [4.69, 9.17) is 11.6 Å². The summed E-state index contributed by atoms with van der Waals surface area (Å²) < 4.78 is 0. The first kappa shape index (κ1) is 28.2. The van der Waals surface area contributed by atoms with Crippen LogP contribution in [0.2, 0.25) is 5.02 Å². The minimum atomic E-state index is -0.619. The highest BCUT2D eigenvalue weighted by atomic mass is 35.5. The molecule has 7 heteroatoms. The molecular weight excluding hydrogens is 440 g/mol. The fraction of sp³-hybridized carbons (Fsp3) is 0.440. The normalized spacial score (nSPS) is 14.8. The van der Waals surface area contributed by atoms with Crippen molar-refractivity contribution >= 4 is 41.5 Å². The highest BCUT2D eigenvalue weighted by Gasteiger charge is 2.28. The fourth-order valence-electron chi connectivity index (χ4n) is 2.97. The summed E-state index contributed by atoms with van der Waals surface area (Å²) in [6.45, 7) is 5.45. The first-order valence-corrected chi connectivity index (χ1v) is 12.1. The van der Waals surface area contributed by atoms with E-state index in [1.54, 1.807) is 25.1 Å². The molecule has 1 unspecified atom stereocenters. The highest BCUT2D eigenvalue weighted by molar-refractivity contribution is 7.80. The van der Waals surface area contributed by atoms with Crippen LogP contribution in [0.25, 0.3) is 0 Å². The number of aliphatic imine (C=N–C) groups is 1. The molecule has 1 heterocycles. The van der Waals surface area contributed by atoms with Crippen LogP contribution in [0.3, 0.4) is 0 Å². The Kier molecular flexibility index (Phi) is 14.0. The van der Waals surface area contributed by atoms with Crippen LogP contribution in [-0.4, -0.2) is 51.2 Å². The van der Waals surface area contributed by atoms with Gasteiger partial charge in [0.05, 0.1) is 11.4 Å². The van der Waals surface area contributed by atoms with Crippen molar-refractivity contribution in [3.8, 4) is 0 Å². The number of rotatable bonds is 6. The van der Waals surface area contributed by atoms with E-state index in [1.165, 1.54) is 19.3 Å². The van der Waals surface area contributed by atoms with Crippen molar-refractivity contribution in [2.24, 2.45) is 4.99 Å². The number of hydrogen-bond donors (Lipinski definition) is 3. The first-order chi connectivity index (χ1) is 15.4. The highest BCUT2D eigenvalue weighted by Crippen LogP contribution is 2.29. The number of unbranched alkanes of at least 4 members (excludes halogenated alkanes) is 1. The number of fused-ring (bicyclic) bond motifs is 1. The Morgan fingerprint density at radius 1 is 1.09 bits per heavy atom. The largest absolute Gasteiger partial charge is 0.320 e. The van der Waals surface area contributed by atoms with E-state index in [1.807, 2.05) is 49.5 Å². The fourth-order valence-corrected chi connectivity index (χ4v) is 3.46. The average molecular weight is 477 g/mol. The van der Waals surface area contributed by atoms with Gasteiger partial charge in [0.15, 0.2) is 6.17 Å². The molecule has 5 nitrogen and oxygen atoms in total. The van der Waals surface area contributed by atoms with Gasteiger partial charge >= 0.3 is 0 Å². The summed E-state index contributed by atoms with van der Waals surface area (Å²) in [7, 11) is 5.44. The molecule has 0 bridgehead atoms. The third-order valence-electron chi connectivity index (χ3n) is 4.73. The number of hydrogen-bond acceptors (Lipinski definition) is 5. The summed E-state index contributed by atoms with van der Waals surface area (Å²) in [4.78, 5) is 18.8. The van der Waals surface area contributed by atoms with Gasteiger partial charge < -0.3 is 10.2 Å². The molecule has 2 N–H and O–H groups in total. The van der Waals surface area contributed by atoms with Crippen molar-refractivity contribution in [2.45, 2.75) is 39.3 Å². The maximum atomic E-state index is 12.5. The molecule has 2 aromatic carbocycles. The van der Waals surface area contributed by atoms with E-state index in [0.717, 1.165) is 34.8 Å². The van der Waals surface area contributed by atoms with Crippen molar-refractivity contribution in [2.75, 3.05) is 38.3 Å². The Hall–Kier alpha value is -1.86. The van der Waals surface area contributed by atoms with Crippen LogP contribution in [0.4, 0.5) is 5.69 Å². The van der Waals surface area contributed by atoms with Gasteiger partial charge in [0.25, 0.3) is 5.91 Å². The van der Waals surface area contributed by atoms with Gasteiger partial charge in [-0.15, -0.1) is 0 Å². The van der Waals surface area contributed by atoms with Gasteiger partial charge in [-0.1, -0.05) is 62.2 Å². The van der Waals surface area contributed by atoms with Gasteiger partial charge in [-0.25, -0.2) is 0 Å². The SMILES string of the molecule is CCCCS.CCCNC.CNC1N=C(c2ccccc2)c2cc(Cl)ccc2N(C)C1=O. The van der Waals surface area contributed by atoms with E-state index in [0.29, 0.717) is 5.02 Å². The van der Waals surface area contributed by atoms with E-state index in [-0.39, 0.29) is 5.91 Å². The maximum Gasteiger partial charge on any atom is 0.266 e. The zero-order chi connectivity index (χ0) is 23.9. The number of likely N-dealkylation sites (N-methyl/N-ethyl adjacent to an activating group) is 2. The Balaban J connectivity index is 0.000000431. The number of benzene rings is 2. The second-order valence-corrected chi connectivity index (χ2v) is 8.16. The first-order valence-electron chi connectivity index (χ1n) is 11.1. The molecule has 1 aliphatic heterocycles. The lowest BCUT2D eigenvalue weighted by molar-refractivity contribution is -0.119. The van der Waals surface area contributed by atoms with Crippen molar-refractivity contribution in [3.63, 3.8) is 0 Å². The molecule has 1 amide bonds. The molecule has 0 aromatic heterocycles. The van der Waals surface area contributed by atoms with Gasteiger partial charge in [0, 0.05) is 23.2 Å². The minimum Gasteiger partial charge on any atom is -0.320 e. The van der Waals surface area contributed by atoms with Crippen molar-refractivity contribution < 1.29 is 4.79 Å². The lowest BCUT2D eigenvalue weighted by atomic mass is 10.0. The van der Waals surface area contributed by atoms with Crippen LogP contribution < -0.4 is 15.5 Å². The monoisotopic (exact) mass is 476 g/mol. The van der Waals surface area contributed by atoms with Gasteiger partial charge in [-0.05, 0) is 57.4 Å². The summed E-state index contributed by atoms with van der Waals surface area (Å²) in [5, 5.41) is 6.60. The quantitative estimate of drug-likeness (QED) is 0.512. The Morgan fingerprint density at radius 3 is 2.25 bits per heavy atom. The summed E-state index contributed by atoms with van der Waals surface area (Å²) in [5.74, 6) is 0.938.